The number of hydrogen-bond donors (Lipinski definition) is 0. The Morgan fingerprint density at radius 2 is 1.97 bits per heavy atom. The number of carbonyl (C=O) groups excluding carboxylic acids is 1. The fourth-order valence-corrected chi connectivity index (χ4v) is 7.02. The molecule has 0 spiro atoms. The van der Waals surface area contributed by atoms with Crippen LogP contribution >= 0.6 is 49.9 Å². The summed E-state index contributed by atoms with van der Waals surface area (Å²) in [5.74, 6) is 0.795. The molecule has 0 saturated heterocycles. The van der Waals surface area contributed by atoms with Crippen LogP contribution in [0, 0.1) is 3.57 Å². The van der Waals surface area contributed by atoms with Gasteiger partial charge in [-0.25, -0.2) is 9.79 Å². The predicted molar refractivity (Wildman–Crippen MR) is 161 cm³/mol. The van der Waals surface area contributed by atoms with Gasteiger partial charge >= 0.3 is 5.97 Å². The van der Waals surface area contributed by atoms with E-state index in [0.29, 0.717) is 44.3 Å². The van der Waals surface area contributed by atoms with Gasteiger partial charge in [-0.3, -0.25) is 9.36 Å². The summed E-state index contributed by atoms with van der Waals surface area (Å²) >= 11 is 7.04. The Morgan fingerprint density at radius 1 is 1.24 bits per heavy atom. The summed E-state index contributed by atoms with van der Waals surface area (Å²) in [5, 5.41) is 0. The number of aromatic nitrogens is 1. The first-order chi connectivity index (χ1) is 18.2. The number of hydrogen-bond acceptors (Lipinski definition) is 7. The number of esters is 1. The van der Waals surface area contributed by atoms with Gasteiger partial charge in [-0.15, -0.1) is 0 Å². The number of allylic oxidation sites excluding steroid dienone is 1. The van der Waals surface area contributed by atoms with E-state index in [1.54, 1.807) is 18.4 Å². The van der Waals surface area contributed by atoms with Gasteiger partial charge in [-0.1, -0.05) is 45.5 Å². The molecule has 1 aliphatic heterocycles. The van der Waals surface area contributed by atoms with Crippen LogP contribution in [0.2, 0.25) is 0 Å². The summed E-state index contributed by atoms with van der Waals surface area (Å²) in [6.45, 7) is 10.0. The van der Waals surface area contributed by atoms with Crippen LogP contribution in [-0.2, 0) is 9.53 Å². The van der Waals surface area contributed by atoms with Crippen LogP contribution in [0.3, 0.4) is 0 Å². The average Bonchev–Trinajstić information content (AvgIpc) is 3.15. The van der Waals surface area contributed by atoms with Crippen molar-refractivity contribution in [1.29, 1.82) is 0 Å². The lowest BCUT2D eigenvalue weighted by atomic mass is 9.95. The van der Waals surface area contributed by atoms with Crippen LogP contribution in [-0.4, -0.2) is 29.9 Å². The van der Waals surface area contributed by atoms with Crippen molar-refractivity contribution in [2.75, 3.05) is 13.2 Å². The van der Waals surface area contributed by atoms with Crippen LogP contribution in [0.1, 0.15) is 51.8 Å². The number of ether oxygens (including phenoxy) is 3. The van der Waals surface area contributed by atoms with Crippen molar-refractivity contribution < 1.29 is 19.0 Å². The van der Waals surface area contributed by atoms with Gasteiger partial charge in [0.15, 0.2) is 4.80 Å². The van der Waals surface area contributed by atoms with Gasteiger partial charge in [0.05, 0.1) is 38.7 Å². The largest absolute Gasteiger partial charge is 0.492 e. The second-order valence-corrected chi connectivity index (χ2v) is 11.8. The third-order valence-corrected chi connectivity index (χ3v) is 7.95. The third-order valence-electron chi connectivity index (χ3n) is 5.71. The number of thiazole rings is 1. The monoisotopic (exact) mass is 710 g/mol. The molecule has 7 nitrogen and oxygen atoms in total. The Hall–Kier alpha value is -2.44. The summed E-state index contributed by atoms with van der Waals surface area (Å²) in [6.07, 6.45) is 1.72. The summed E-state index contributed by atoms with van der Waals surface area (Å²) in [6, 6.07) is 10.6. The van der Waals surface area contributed by atoms with Crippen molar-refractivity contribution in [3.63, 3.8) is 0 Å². The molecule has 0 aliphatic carbocycles. The van der Waals surface area contributed by atoms with Crippen LogP contribution in [0.15, 0.2) is 61.9 Å². The Kier molecular flexibility index (Phi) is 9.15. The number of fused-ring (bicyclic) bond motifs is 1. The molecule has 0 unspecified atom stereocenters. The zero-order chi connectivity index (χ0) is 27.6. The standard InChI is InChI=1S/C28H28BrIN2O5S/c1-6-35-25-17(12-18(29)14-20(25)30)13-22-26(33)32-24(19-10-8-9-11-21(19)37-15(3)4)23(27(34)36-7-2)16(5)31-28(32)38-22/h8-15,24H,6-7H2,1-5H3/b22-13-/t24-/m1/s1. The maximum atomic E-state index is 14.0. The topological polar surface area (TPSA) is 79.1 Å². The van der Waals surface area contributed by atoms with E-state index in [2.05, 4.69) is 43.5 Å². The van der Waals surface area contributed by atoms with E-state index in [0.717, 1.165) is 13.6 Å². The number of nitrogens with zero attached hydrogens (tertiary/aromatic N) is 2. The lowest BCUT2D eigenvalue weighted by Crippen LogP contribution is -2.40. The van der Waals surface area contributed by atoms with Crippen molar-refractivity contribution in [3.05, 3.63) is 86.5 Å². The minimum Gasteiger partial charge on any atom is -0.492 e. The minimum atomic E-state index is -0.753. The molecule has 1 aromatic heterocycles. The van der Waals surface area contributed by atoms with Crippen LogP contribution in [0.4, 0.5) is 0 Å². The molecule has 200 valence electrons. The molecule has 0 radical (unpaired) electrons. The first-order valence-corrected chi connectivity index (χ1v) is 14.9. The van der Waals surface area contributed by atoms with E-state index in [9.17, 15) is 9.59 Å². The first kappa shape index (κ1) is 28.6. The van der Waals surface area contributed by atoms with Gasteiger partial charge < -0.3 is 14.2 Å². The second-order valence-electron chi connectivity index (χ2n) is 8.75. The maximum Gasteiger partial charge on any atom is 0.338 e. The molecule has 38 heavy (non-hydrogen) atoms. The number of para-hydroxylation sites is 1. The van der Waals surface area contributed by atoms with E-state index >= 15 is 0 Å². The molecule has 0 saturated carbocycles. The van der Waals surface area contributed by atoms with Gasteiger partial charge in [0.25, 0.3) is 5.56 Å². The lowest BCUT2D eigenvalue weighted by molar-refractivity contribution is -0.139. The fraction of sp³-hybridized carbons (Fsp3) is 0.321. The molecule has 0 fully saturated rings. The Balaban J connectivity index is 2.01. The van der Waals surface area contributed by atoms with Gasteiger partial charge in [-0.2, -0.15) is 0 Å². The number of benzene rings is 2. The molecular formula is C28H28BrIN2O5S. The van der Waals surface area contributed by atoms with E-state index in [1.807, 2.05) is 63.2 Å². The number of rotatable bonds is 8. The molecule has 2 heterocycles. The molecule has 2 aromatic carbocycles. The van der Waals surface area contributed by atoms with E-state index in [-0.39, 0.29) is 18.3 Å². The predicted octanol–water partition coefficient (Wildman–Crippen LogP) is 5.35. The number of halogens is 2. The van der Waals surface area contributed by atoms with Crippen LogP contribution in [0.5, 0.6) is 11.5 Å². The Labute approximate surface area is 247 Å². The highest BCUT2D eigenvalue weighted by Gasteiger charge is 2.35. The van der Waals surface area contributed by atoms with Crippen molar-refractivity contribution >= 4 is 61.9 Å². The summed E-state index contributed by atoms with van der Waals surface area (Å²) < 4.78 is 21.3. The zero-order valence-electron chi connectivity index (χ0n) is 21.7. The zero-order valence-corrected chi connectivity index (χ0v) is 26.3. The molecular weight excluding hydrogens is 683 g/mol. The van der Waals surface area contributed by atoms with E-state index in [1.165, 1.54) is 11.3 Å². The first-order valence-electron chi connectivity index (χ1n) is 12.2. The van der Waals surface area contributed by atoms with Gasteiger partial charge in [-0.05, 0) is 81.5 Å². The SMILES string of the molecule is CCOC(=O)C1=C(C)N=c2s/c(=C\c3cc(Br)cc(I)c3OCC)c(=O)n2[C@@H]1c1ccccc1OC(C)C. The Morgan fingerprint density at radius 3 is 2.66 bits per heavy atom. The van der Waals surface area contributed by atoms with Gasteiger partial charge in [0, 0.05) is 15.6 Å². The fourth-order valence-electron chi connectivity index (χ4n) is 4.28. The molecule has 4 rings (SSSR count). The molecule has 10 heteroatoms. The van der Waals surface area contributed by atoms with Crippen LogP contribution < -0.4 is 24.4 Å². The van der Waals surface area contributed by atoms with Crippen LogP contribution in [0.25, 0.3) is 6.08 Å². The third kappa shape index (κ3) is 5.76. The summed E-state index contributed by atoms with van der Waals surface area (Å²) in [5.41, 5.74) is 2.03. The summed E-state index contributed by atoms with van der Waals surface area (Å²) in [4.78, 5) is 32.4. The molecule has 3 aromatic rings. The molecule has 0 amide bonds. The van der Waals surface area contributed by atoms with Crippen molar-refractivity contribution in [2.45, 2.75) is 46.8 Å². The lowest BCUT2D eigenvalue weighted by Gasteiger charge is -2.26. The normalized spacial score (nSPS) is 15.4. The molecule has 1 atom stereocenters. The van der Waals surface area contributed by atoms with Gasteiger partial charge in [0.2, 0.25) is 0 Å². The smallest absolute Gasteiger partial charge is 0.338 e. The highest BCUT2D eigenvalue weighted by Crippen LogP contribution is 2.36. The van der Waals surface area contributed by atoms with Crippen molar-refractivity contribution in [2.24, 2.45) is 4.99 Å². The summed E-state index contributed by atoms with van der Waals surface area (Å²) in [7, 11) is 0. The molecule has 0 N–H and O–H groups in total. The van der Waals surface area contributed by atoms with Gasteiger partial charge in [0.1, 0.15) is 17.5 Å². The highest BCUT2D eigenvalue weighted by atomic mass is 127. The Bertz CT molecular complexity index is 1590. The molecule has 0 bridgehead atoms. The quantitative estimate of drug-likeness (QED) is 0.233. The van der Waals surface area contributed by atoms with Crippen molar-refractivity contribution in [3.8, 4) is 11.5 Å². The minimum absolute atomic E-state index is 0.0981. The van der Waals surface area contributed by atoms with E-state index < -0.39 is 12.0 Å². The van der Waals surface area contributed by atoms with Crippen molar-refractivity contribution in [1.82, 2.24) is 4.57 Å². The molecule has 1 aliphatic rings. The second kappa shape index (κ2) is 12.2. The average molecular weight is 711 g/mol. The maximum absolute atomic E-state index is 14.0. The highest BCUT2D eigenvalue weighted by molar-refractivity contribution is 14.1. The number of carbonyl (C=O) groups is 1. The van der Waals surface area contributed by atoms with E-state index in [4.69, 9.17) is 14.2 Å².